The predicted octanol–water partition coefficient (Wildman–Crippen LogP) is 4.53. The van der Waals surface area contributed by atoms with Crippen molar-refractivity contribution in [1.29, 1.82) is 0 Å². The van der Waals surface area contributed by atoms with Gasteiger partial charge in [0.1, 0.15) is 18.2 Å². The lowest BCUT2D eigenvalue weighted by Crippen LogP contribution is -2.34. The maximum absolute atomic E-state index is 13.0. The monoisotopic (exact) mass is 380 g/mol. The fourth-order valence-electron chi connectivity index (χ4n) is 2.36. The lowest BCUT2D eigenvalue weighted by Gasteiger charge is -2.14. The number of para-hydroxylation sites is 2. The largest absolute Gasteiger partial charge is 0.487 e. The van der Waals surface area contributed by atoms with Gasteiger partial charge in [-0.25, -0.2) is 4.39 Å². The van der Waals surface area contributed by atoms with Crippen molar-refractivity contribution >= 4 is 28.9 Å². The first-order chi connectivity index (χ1) is 13.1. The summed E-state index contributed by atoms with van der Waals surface area (Å²) < 4.78 is 18.8. The van der Waals surface area contributed by atoms with Gasteiger partial charge >= 0.3 is 0 Å². The van der Waals surface area contributed by atoms with Crippen molar-refractivity contribution in [2.75, 3.05) is 5.32 Å². The fourth-order valence-corrected chi connectivity index (χ4v) is 2.56. The predicted molar refractivity (Wildman–Crippen MR) is 107 cm³/mol. The SMILES string of the molecule is O=C(NC(=S)Nc1ccccc1OCc1ccccc1)c1ccc(F)cc1. The van der Waals surface area contributed by atoms with Crippen molar-refractivity contribution in [1.82, 2.24) is 5.32 Å². The first kappa shape index (κ1) is 18.5. The molecule has 0 aliphatic rings. The Hall–Kier alpha value is -3.25. The Morgan fingerprint density at radius 1 is 0.926 bits per heavy atom. The zero-order valence-corrected chi connectivity index (χ0v) is 15.1. The van der Waals surface area contributed by atoms with E-state index in [1.54, 1.807) is 6.07 Å². The molecule has 0 fully saturated rings. The van der Waals surface area contributed by atoms with E-state index in [1.165, 1.54) is 24.3 Å². The van der Waals surface area contributed by atoms with Gasteiger partial charge in [0.2, 0.25) is 0 Å². The molecule has 1 amide bonds. The molecule has 0 radical (unpaired) electrons. The molecule has 0 saturated heterocycles. The van der Waals surface area contributed by atoms with E-state index in [2.05, 4.69) is 10.6 Å². The molecule has 0 unspecified atom stereocenters. The molecule has 3 aromatic rings. The van der Waals surface area contributed by atoms with Crippen LogP contribution in [0.15, 0.2) is 78.9 Å². The number of ether oxygens (including phenoxy) is 1. The molecule has 0 aromatic heterocycles. The van der Waals surface area contributed by atoms with E-state index in [0.29, 0.717) is 23.6 Å². The molecule has 6 heteroatoms. The van der Waals surface area contributed by atoms with Gasteiger partial charge in [-0.1, -0.05) is 42.5 Å². The highest BCUT2D eigenvalue weighted by atomic mass is 32.1. The number of hydrogen-bond acceptors (Lipinski definition) is 3. The average Bonchev–Trinajstić information content (AvgIpc) is 2.68. The second kappa shape index (κ2) is 8.91. The second-order valence-electron chi connectivity index (χ2n) is 5.69. The number of rotatable bonds is 5. The molecule has 27 heavy (non-hydrogen) atoms. The maximum atomic E-state index is 13.0. The molecular formula is C21H17FN2O2S. The van der Waals surface area contributed by atoms with Gasteiger partial charge in [-0.05, 0) is 54.2 Å². The molecule has 2 N–H and O–H groups in total. The smallest absolute Gasteiger partial charge is 0.257 e. The number of carbonyl (C=O) groups excluding carboxylic acids is 1. The third-order valence-corrected chi connectivity index (χ3v) is 3.91. The van der Waals surface area contributed by atoms with Crippen LogP contribution in [-0.4, -0.2) is 11.0 Å². The van der Waals surface area contributed by atoms with E-state index in [0.717, 1.165) is 5.56 Å². The molecule has 0 spiro atoms. The maximum Gasteiger partial charge on any atom is 0.257 e. The van der Waals surface area contributed by atoms with Crippen LogP contribution >= 0.6 is 12.2 Å². The van der Waals surface area contributed by atoms with Gasteiger partial charge in [0, 0.05) is 5.56 Å². The van der Waals surface area contributed by atoms with Crippen molar-refractivity contribution < 1.29 is 13.9 Å². The topological polar surface area (TPSA) is 50.4 Å². The van der Waals surface area contributed by atoms with Crippen molar-refractivity contribution in [3.8, 4) is 5.75 Å². The number of anilines is 1. The molecule has 0 heterocycles. The lowest BCUT2D eigenvalue weighted by molar-refractivity contribution is 0.0977. The molecular weight excluding hydrogens is 363 g/mol. The summed E-state index contributed by atoms with van der Waals surface area (Å²) >= 11 is 5.20. The summed E-state index contributed by atoms with van der Waals surface area (Å²) in [6.45, 7) is 0.411. The van der Waals surface area contributed by atoms with E-state index < -0.39 is 11.7 Å². The standard InChI is InChI=1S/C21H17FN2O2S/c22-17-12-10-16(11-13-17)20(25)24-21(27)23-18-8-4-5-9-19(18)26-14-15-6-2-1-3-7-15/h1-13H,14H2,(H2,23,24,25,27). The van der Waals surface area contributed by atoms with Crippen LogP contribution in [-0.2, 0) is 6.61 Å². The van der Waals surface area contributed by atoms with Crippen LogP contribution in [0.25, 0.3) is 0 Å². The van der Waals surface area contributed by atoms with E-state index in [1.807, 2.05) is 48.5 Å². The average molecular weight is 380 g/mol. The summed E-state index contributed by atoms with van der Waals surface area (Å²) in [5.41, 5.74) is 1.99. The third kappa shape index (κ3) is 5.36. The van der Waals surface area contributed by atoms with Crippen LogP contribution in [0.1, 0.15) is 15.9 Å². The van der Waals surface area contributed by atoms with Crippen LogP contribution in [0, 0.1) is 5.82 Å². The van der Waals surface area contributed by atoms with Crippen molar-refractivity contribution in [2.24, 2.45) is 0 Å². The quantitative estimate of drug-likeness (QED) is 0.639. The van der Waals surface area contributed by atoms with Gasteiger partial charge < -0.3 is 10.1 Å². The van der Waals surface area contributed by atoms with Crippen LogP contribution in [0.3, 0.4) is 0 Å². The van der Waals surface area contributed by atoms with Crippen molar-refractivity contribution in [2.45, 2.75) is 6.61 Å². The molecule has 0 aliphatic carbocycles. The minimum absolute atomic E-state index is 0.125. The van der Waals surface area contributed by atoms with Gasteiger partial charge in [0.05, 0.1) is 5.69 Å². The molecule has 0 saturated carbocycles. The van der Waals surface area contributed by atoms with Crippen molar-refractivity contribution in [3.05, 3.63) is 95.8 Å². The summed E-state index contributed by atoms with van der Waals surface area (Å²) in [6.07, 6.45) is 0. The Kier molecular flexibility index (Phi) is 6.12. The Balaban J connectivity index is 1.62. The lowest BCUT2D eigenvalue weighted by atomic mass is 10.2. The highest BCUT2D eigenvalue weighted by Gasteiger charge is 2.10. The van der Waals surface area contributed by atoms with Gasteiger partial charge in [-0.3, -0.25) is 10.1 Å². The summed E-state index contributed by atoms with van der Waals surface area (Å²) in [5.74, 6) is -0.216. The molecule has 4 nitrogen and oxygen atoms in total. The Bertz CT molecular complexity index is 930. The fraction of sp³-hybridized carbons (Fsp3) is 0.0476. The first-order valence-corrected chi connectivity index (χ1v) is 8.66. The summed E-state index contributed by atoms with van der Waals surface area (Å²) in [7, 11) is 0. The molecule has 3 rings (SSSR count). The Morgan fingerprint density at radius 3 is 2.33 bits per heavy atom. The van der Waals surface area contributed by atoms with E-state index in [-0.39, 0.29) is 5.11 Å². The van der Waals surface area contributed by atoms with Gasteiger partial charge in [-0.15, -0.1) is 0 Å². The number of thiocarbonyl (C=S) groups is 1. The molecule has 0 atom stereocenters. The summed E-state index contributed by atoms with van der Waals surface area (Å²) in [5, 5.41) is 5.65. The number of hydrogen-bond donors (Lipinski definition) is 2. The van der Waals surface area contributed by atoms with Crippen molar-refractivity contribution in [3.63, 3.8) is 0 Å². The summed E-state index contributed by atoms with van der Waals surface area (Å²) in [6, 6.07) is 22.3. The number of carbonyl (C=O) groups is 1. The minimum Gasteiger partial charge on any atom is -0.487 e. The van der Waals surface area contributed by atoms with Gasteiger partial charge in [-0.2, -0.15) is 0 Å². The highest BCUT2D eigenvalue weighted by Crippen LogP contribution is 2.24. The van der Waals surface area contributed by atoms with Gasteiger partial charge in [0.25, 0.3) is 5.91 Å². The molecule has 136 valence electrons. The van der Waals surface area contributed by atoms with E-state index >= 15 is 0 Å². The number of nitrogens with one attached hydrogen (secondary N) is 2. The molecule has 0 bridgehead atoms. The zero-order chi connectivity index (χ0) is 19.1. The summed E-state index contributed by atoms with van der Waals surface area (Å²) in [4.78, 5) is 12.2. The second-order valence-corrected chi connectivity index (χ2v) is 6.09. The van der Waals surface area contributed by atoms with Crippen LogP contribution in [0.5, 0.6) is 5.75 Å². The van der Waals surface area contributed by atoms with E-state index in [4.69, 9.17) is 17.0 Å². The first-order valence-electron chi connectivity index (χ1n) is 8.25. The van der Waals surface area contributed by atoms with Gasteiger partial charge in [0.15, 0.2) is 5.11 Å². The molecule has 3 aromatic carbocycles. The number of halogens is 1. The minimum atomic E-state index is -0.421. The van der Waals surface area contributed by atoms with Crippen LogP contribution in [0.4, 0.5) is 10.1 Å². The Morgan fingerprint density at radius 2 is 1.59 bits per heavy atom. The molecule has 0 aliphatic heterocycles. The third-order valence-electron chi connectivity index (χ3n) is 3.71. The number of amides is 1. The zero-order valence-electron chi connectivity index (χ0n) is 14.3. The normalized spacial score (nSPS) is 10.1. The van der Waals surface area contributed by atoms with Crippen LogP contribution in [0.2, 0.25) is 0 Å². The van der Waals surface area contributed by atoms with E-state index in [9.17, 15) is 9.18 Å². The highest BCUT2D eigenvalue weighted by molar-refractivity contribution is 7.80. The number of benzene rings is 3. The Labute approximate surface area is 162 Å². The van der Waals surface area contributed by atoms with Crippen LogP contribution < -0.4 is 15.4 Å².